The van der Waals surface area contributed by atoms with Crippen molar-refractivity contribution in [1.29, 1.82) is 0 Å². The molecule has 0 radical (unpaired) electrons. The van der Waals surface area contributed by atoms with Gasteiger partial charge in [0.15, 0.2) is 0 Å². The minimum atomic E-state index is -0.374. The standard InChI is InChI=1S/C11H15ClFNO/c1-7-8(4-2-3-5-14)11(15)9(12)6-10(7)13/h6,15H,2-5,14H2,1H3. The molecule has 0 heterocycles. The summed E-state index contributed by atoms with van der Waals surface area (Å²) in [6.45, 7) is 2.24. The zero-order valence-corrected chi connectivity index (χ0v) is 9.44. The summed E-state index contributed by atoms with van der Waals surface area (Å²) in [4.78, 5) is 0. The van der Waals surface area contributed by atoms with Crippen LogP contribution in [0.2, 0.25) is 5.02 Å². The van der Waals surface area contributed by atoms with Gasteiger partial charge in [0.05, 0.1) is 5.02 Å². The Kier molecular flexibility index (Phi) is 4.36. The van der Waals surface area contributed by atoms with Gasteiger partial charge in [-0.05, 0) is 44.4 Å². The first-order valence-electron chi connectivity index (χ1n) is 4.94. The maximum Gasteiger partial charge on any atom is 0.137 e. The number of rotatable bonds is 4. The quantitative estimate of drug-likeness (QED) is 0.783. The molecule has 0 amide bonds. The van der Waals surface area contributed by atoms with Gasteiger partial charge in [-0.25, -0.2) is 4.39 Å². The molecule has 0 aliphatic carbocycles. The molecule has 0 unspecified atom stereocenters. The average Bonchev–Trinajstić information content (AvgIpc) is 2.20. The summed E-state index contributed by atoms with van der Waals surface area (Å²) in [5.74, 6) is -0.381. The zero-order chi connectivity index (χ0) is 11.4. The monoisotopic (exact) mass is 231 g/mol. The van der Waals surface area contributed by atoms with Gasteiger partial charge in [-0.1, -0.05) is 11.6 Å². The number of halogens is 2. The second-order valence-corrected chi connectivity index (χ2v) is 3.95. The van der Waals surface area contributed by atoms with Gasteiger partial charge in [0.2, 0.25) is 0 Å². The molecule has 1 aromatic carbocycles. The molecule has 0 saturated heterocycles. The first-order valence-corrected chi connectivity index (χ1v) is 5.32. The maximum absolute atomic E-state index is 13.3. The summed E-state index contributed by atoms with van der Waals surface area (Å²) in [6.07, 6.45) is 2.28. The highest BCUT2D eigenvalue weighted by atomic mass is 35.5. The molecule has 84 valence electrons. The topological polar surface area (TPSA) is 46.2 Å². The molecule has 0 bridgehead atoms. The Labute approximate surface area is 93.9 Å². The summed E-state index contributed by atoms with van der Waals surface area (Å²) < 4.78 is 13.3. The van der Waals surface area contributed by atoms with Crippen LogP contribution in [0, 0.1) is 12.7 Å². The Bertz CT molecular complexity index is 329. The highest BCUT2D eigenvalue weighted by Gasteiger charge is 2.13. The van der Waals surface area contributed by atoms with E-state index < -0.39 is 0 Å². The van der Waals surface area contributed by atoms with E-state index in [1.807, 2.05) is 0 Å². The van der Waals surface area contributed by atoms with E-state index in [-0.39, 0.29) is 16.6 Å². The molecular weight excluding hydrogens is 217 g/mol. The molecule has 2 nitrogen and oxygen atoms in total. The second-order valence-electron chi connectivity index (χ2n) is 3.54. The van der Waals surface area contributed by atoms with Crippen molar-refractivity contribution in [2.75, 3.05) is 6.54 Å². The smallest absolute Gasteiger partial charge is 0.137 e. The highest BCUT2D eigenvalue weighted by molar-refractivity contribution is 6.32. The lowest BCUT2D eigenvalue weighted by Crippen LogP contribution is -2.01. The minimum absolute atomic E-state index is 0.00686. The van der Waals surface area contributed by atoms with Gasteiger partial charge in [-0.3, -0.25) is 0 Å². The molecule has 1 aromatic rings. The van der Waals surface area contributed by atoms with Crippen LogP contribution in [0.3, 0.4) is 0 Å². The molecule has 15 heavy (non-hydrogen) atoms. The van der Waals surface area contributed by atoms with Crippen molar-refractivity contribution in [2.45, 2.75) is 26.2 Å². The van der Waals surface area contributed by atoms with Gasteiger partial charge in [0.25, 0.3) is 0 Å². The van der Waals surface area contributed by atoms with E-state index in [4.69, 9.17) is 17.3 Å². The molecule has 0 atom stereocenters. The van der Waals surface area contributed by atoms with Crippen molar-refractivity contribution in [2.24, 2.45) is 5.73 Å². The van der Waals surface area contributed by atoms with Gasteiger partial charge in [0, 0.05) is 5.56 Å². The number of unbranched alkanes of at least 4 members (excludes halogenated alkanes) is 1. The third-order valence-electron chi connectivity index (χ3n) is 2.46. The summed E-state index contributed by atoms with van der Waals surface area (Å²) in [6, 6.07) is 1.14. The first-order chi connectivity index (χ1) is 7.07. The van der Waals surface area contributed by atoms with Crippen LogP contribution in [0.15, 0.2) is 6.07 Å². The van der Waals surface area contributed by atoms with Gasteiger partial charge >= 0.3 is 0 Å². The summed E-state index contributed by atoms with van der Waals surface area (Å²) in [5.41, 5.74) is 6.42. The summed E-state index contributed by atoms with van der Waals surface area (Å²) in [7, 11) is 0. The molecule has 0 spiro atoms. The molecule has 0 aliphatic heterocycles. The molecule has 0 aromatic heterocycles. The molecule has 0 saturated carbocycles. The van der Waals surface area contributed by atoms with Crippen molar-refractivity contribution in [3.63, 3.8) is 0 Å². The zero-order valence-electron chi connectivity index (χ0n) is 8.69. The second kappa shape index (κ2) is 5.33. The Morgan fingerprint density at radius 3 is 2.73 bits per heavy atom. The van der Waals surface area contributed by atoms with E-state index in [2.05, 4.69) is 0 Å². The van der Waals surface area contributed by atoms with Crippen molar-refractivity contribution in [1.82, 2.24) is 0 Å². The molecular formula is C11H15ClFNO. The molecule has 3 N–H and O–H groups in total. The van der Waals surface area contributed by atoms with E-state index in [0.717, 1.165) is 18.9 Å². The SMILES string of the molecule is Cc1c(F)cc(Cl)c(O)c1CCCCN. The third kappa shape index (κ3) is 2.83. The number of phenols is 1. The fraction of sp³-hybridized carbons (Fsp3) is 0.455. The maximum atomic E-state index is 13.3. The molecule has 0 fully saturated rings. The largest absolute Gasteiger partial charge is 0.506 e. The number of benzene rings is 1. The Morgan fingerprint density at radius 2 is 2.13 bits per heavy atom. The predicted octanol–water partition coefficient (Wildman–Crippen LogP) is 2.77. The first kappa shape index (κ1) is 12.3. The van der Waals surface area contributed by atoms with E-state index in [9.17, 15) is 9.50 Å². The van der Waals surface area contributed by atoms with Crippen LogP contribution in [-0.4, -0.2) is 11.7 Å². The van der Waals surface area contributed by atoms with Gasteiger partial charge < -0.3 is 10.8 Å². The minimum Gasteiger partial charge on any atom is -0.506 e. The summed E-state index contributed by atoms with van der Waals surface area (Å²) >= 11 is 5.69. The molecule has 0 aliphatic rings. The predicted molar refractivity (Wildman–Crippen MR) is 59.8 cm³/mol. The van der Waals surface area contributed by atoms with Crippen LogP contribution < -0.4 is 5.73 Å². The van der Waals surface area contributed by atoms with Crippen molar-refractivity contribution >= 4 is 11.6 Å². The average molecular weight is 232 g/mol. The van der Waals surface area contributed by atoms with E-state index in [0.29, 0.717) is 24.1 Å². The fourth-order valence-corrected chi connectivity index (χ4v) is 1.72. The Hall–Kier alpha value is -0.800. The Morgan fingerprint density at radius 1 is 1.47 bits per heavy atom. The van der Waals surface area contributed by atoms with Crippen LogP contribution in [0.25, 0.3) is 0 Å². The Balaban J connectivity index is 2.94. The molecule has 1 rings (SSSR count). The number of phenolic OH excluding ortho intramolecular Hbond substituents is 1. The lowest BCUT2D eigenvalue weighted by Gasteiger charge is -2.10. The molecule has 4 heteroatoms. The summed E-state index contributed by atoms with van der Waals surface area (Å²) in [5, 5.41) is 9.74. The lowest BCUT2D eigenvalue weighted by atomic mass is 10.0. The third-order valence-corrected chi connectivity index (χ3v) is 2.75. The number of hydrogen-bond donors (Lipinski definition) is 2. The highest BCUT2D eigenvalue weighted by Crippen LogP contribution is 2.32. The van der Waals surface area contributed by atoms with E-state index >= 15 is 0 Å². The van der Waals surface area contributed by atoms with Crippen molar-refractivity contribution < 1.29 is 9.50 Å². The van der Waals surface area contributed by atoms with Crippen LogP contribution >= 0.6 is 11.6 Å². The fourth-order valence-electron chi connectivity index (χ4n) is 1.51. The van der Waals surface area contributed by atoms with Crippen molar-refractivity contribution in [3.05, 3.63) is 28.0 Å². The van der Waals surface area contributed by atoms with E-state index in [1.165, 1.54) is 0 Å². The van der Waals surface area contributed by atoms with Crippen LogP contribution in [0.4, 0.5) is 4.39 Å². The van der Waals surface area contributed by atoms with Crippen molar-refractivity contribution in [3.8, 4) is 5.75 Å². The number of hydrogen-bond acceptors (Lipinski definition) is 2. The van der Waals surface area contributed by atoms with E-state index in [1.54, 1.807) is 6.92 Å². The van der Waals surface area contributed by atoms with Crippen LogP contribution in [0.5, 0.6) is 5.75 Å². The number of nitrogens with two attached hydrogens (primary N) is 1. The lowest BCUT2D eigenvalue weighted by molar-refractivity contribution is 0.463. The normalized spacial score (nSPS) is 10.7. The van der Waals surface area contributed by atoms with Crippen LogP contribution in [-0.2, 0) is 6.42 Å². The van der Waals surface area contributed by atoms with Gasteiger partial charge in [-0.15, -0.1) is 0 Å². The van der Waals surface area contributed by atoms with Gasteiger partial charge in [-0.2, -0.15) is 0 Å². The number of aromatic hydroxyl groups is 1. The van der Waals surface area contributed by atoms with Crippen LogP contribution in [0.1, 0.15) is 24.0 Å². The van der Waals surface area contributed by atoms with Gasteiger partial charge in [0.1, 0.15) is 11.6 Å².